The van der Waals surface area contributed by atoms with Gasteiger partial charge in [-0.25, -0.2) is 9.67 Å². The SMILES string of the molecule is CCOc1cccc2c1OCCCCCN(C(=O)C(C)(C)n1cncn1)CCN(Cc1ccccc1)C2. The van der Waals surface area contributed by atoms with Crippen LogP contribution in [0.15, 0.2) is 61.2 Å². The monoisotopic (exact) mass is 505 g/mol. The number of hydrogen-bond acceptors (Lipinski definition) is 6. The summed E-state index contributed by atoms with van der Waals surface area (Å²) in [5, 5.41) is 4.26. The van der Waals surface area contributed by atoms with Gasteiger partial charge in [0.05, 0.1) is 13.2 Å². The summed E-state index contributed by atoms with van der Waals surface area (Å²) >= 11 is 0. The van der Waals surface area contributed by atoms with E-state index in [0.29, 0.717) is 32.8 Å². The molecule has 0 unspecified atom stereocenters. The second-order valence-corrected chi connectivity index (χ2v) is 9.97. The first-order chi connectivity index (χ1) is 18.0. The van der Waals surface area contributed by atoms with Gasteiger partial charge in [0.2, 0.25) is 5.91 Å². The van der Waals surface area contributed by atoms with Gasteiger partial charge in [-0.3, -0.25) is 9.69 Å². The Kier molecular flexibility index (Phi) is 9.17. The molecule has 0 N–H and O–H groups in total. The van der Waals surface area contributed by atoms with E-state index < -0.39 is 5.54 Å². The van der Waals surface area contributed by atoms with E-state index in [2.05, 4.69) is 45.3 Å². The Balaban J connectivity index is 1.61. The second kappa shape index (κ2) is 12.7. The molecule has 2 aromatic carbocycles. The average Bonchev–Trinajstić information content (AvgIpc) is 3.45. The normalized spacial score (nSPS) is 16.0. The maximum absolute atomic E-state index is 13.8. The van der Waals surface area contributed by atoms with E-state index in [4.69, 9.17) is 9.47 Å². The van der Waals surface area contributed by atoms with Gasteiger partial charge in [-0.1, -0.05) is 42.5 Å². The molecule has 0 aliphatic carbocycles. The van der Waals surface area contributed by atoms with Crippen LogP contribution < -0.4 is 9.47 Å². The lowest BCUT2D eigenvalue weighted by Crippen LogP contribution is -2.49. The fourth-order valence-corrected chi connectivity index (χ4v) is 4.73. The van der Waals surface area contributed by atoms with Gasteiger partial charge < -0.3 is 14.4 Å². The summed E-state index contributed by atoms with van der Waals surface area (Å²) in [6, 6.07) is 16.6. The van der Waals surface area contributed by atoms with Gasteiger partial charge in [0.1, 0.15) is 18.2 Å². The molecule has 0 radical (unpaired) electrons. The van der Waals surface area contributed by atoms with Crippen molar-refractivity contribution in [1.29, 1.82) is 0 Å². The Morgan fingerprint density at radius 3 is 2.62 bits per heavy atom. The zero-order chi connectivity index (χ0) is 26.1. The van der Waals surface area contributed by atoms with Crippen molar-refractivity contribution >= 4 is 5.91 Å². The standard InChI is InChI=1S/C29H39N5O3/c1-4-36-26-15-11-14-25-21-32(20-24-12-7-5-8-13-24)17-18-33(16-9-6-10-19-37-27(25)26)28(35)29(2,3)34-23-30-22-31-34/h5,7-8,11-15,22-23H,4,6,9-10,16-21H2,1-3H3. The van der Waals surface area contributed by atoms with Crippen molar-refractivity contribution in [2.75, 3.05) is 32.8 Å². The molecule has 1 amide bonds. The number of fused-ring (bicyclic) bond motifs is 1. The molecule has 0 bridgehead atoms. The first-order valence-corrected chi connectivity index (χ1v) is 13.3. The number of carbonyl (C=O) groups excluding carboxylic acids is 1. The third-order valence-corrected chi connectivity index (χ3v) is 6.81. The van der Waals surface area contributed by atoms with Crippen LogP contribution in [0.2, 0.25) is 0 Å². The van der Waals surface area contributed by atoms with Crippen LogP contribution in [0.25, 0.3) is 0 Å². The molecule has 4 rings (SSSR count). The van der Waals surface area contributed by atoms with Crippen molar-refractivity contribution < 1.29 is 14.3 Å². The molecule has 198 valence electrons. The highest BCUT2D eigenvalue weighted by Crippen LogP contribution is 2.33. The zero-order valence-electron chi connectivity index (χ0n) is 22.3. The van der Waals surface area contributed by atoms with Crippen LogP contribution in [0.4, 0.5) is 0 Å². The predicted octanol–water partition coefficient (Wildman–Crippen LogP) is 4.51. The number of aromatic nitrogens is 3. The molecule has 1 aromatic heterocycles. The van der Waals surface area contributed by atoms with Crippen LogP contribution in [-0.2, 0) is 23.4 Å². The van der Waals surface area contributed by atoms with Gasteiger partial charge >= 0.3 is 0 Å². The first kappa shape index (κ1) is 26.7. The van der Waals surface area contributed by atoms with Gasteiger partial charge in [-0.05, 0) is 51.7 Å². The van der Waals surface area contributed by atoms with E-state index in [0.717, 1.165) is 49.4 Å². The lowest BCUT2D eigenvalue weighted by atomic mass is 10.0. The molecule has 3 aromatic rings. The molecule has 37 heavy (non-hydrogen) atoms. The molecule has 8 heteroatoms. The van der Waals surface area contributed by atoms with Crippen molar-refractivity contribution in [2.24, 2.45) is 0 Å². The van der Waals surface area contributed by atoms with Crippen LogP contribution in [0.5, 0.6) is 11.5 Å². The van der Waals surface area contributed by atoms with Gasteiger partial charge in [0.15, 0.2) is 11.5 Å². The Hall–Kier alpha value is -3.39. The van der Waals surface area contributed by atoms with Gasteiger partial charge in [0.25, 0.3) is 0 Å². The topological polar surface area (TPSA) is 72.7 Å². The Morgan fingerprint density at radius 2 is 1.86 bits per heavy atom. The number of rotatable bonds is 6. The Labute approximate surface area is 220 Å². The fourth-order valence-electron chi connectivity index (χ4n) is 4.73. The molecule has 0 saturated heterocycles. The molecule has 8 nitrogen and oxygen atoms in total. The van der Waals surface area contributed by atoms with Crippen molar-refractivity contribution in [3.05, 3.63) is 72.3 Å². The minimum absolute atomic E-state index is 0.0582. The molecule has 1 aliphatic heterocycles. The number of amides is 1. The van der Waals surface area contributed by atoms with Crippen LogP contribution in [0.3, 0.4) is 0 Å². The van der Waals surface area contributed by atoms with Gasteiger partial charge in [-0.15, -0.1) is 0 Å². The maximum atomic E-state index is 13.8. The number of ether oxygens (including phenoxy) is 2. The summed E-state index contributed by atoms with van der Waals surface area (Å²) in [5.41, 5.74) is 1.52. The molecule has 0 fully saturated rings. The largest absolute Gasteiger partial charge is 0.490 e. The van der Waals surface area contributed by atoms with Crippen molar-refractivity contribution in [3.63, 3.8) is 0 Å². The van der Waals surface area contributed by atoms with E-state index in [1.54, 1.807) is 11.0 Å². The van der Waals surface area contributed by atoms with Crippen molar-refractivity contribution in [3.8, 4) is 11.5 Å². The highest BCUT2D eigenvalue weighted by Gasteiger charge is 2.34. The number of benzene rings is 2. The Morgan fingerprint density at radius 1 is 1.03 bits per heavy atom. The molecule has 0 saturated carbocycles. The molecule has 1 aliphatic rings. The molecule has 2 heterocycles. The summed E-state index contributed by atoms with van der Waals surface area (Å²) in [6.07, 6.45) is 5.91. The minimum Gasteiger partial charge on any atom is -0.490 e. The third kappa shape index (κ3) is 6.89. The second-order valence-electron chi connectivity index (χ2n) is 9.97. The quantitative estimate of drug-likeness (QED) is 0.491. The summed E-state index contributed by atoms with van der Waals surface area (Å²) < 4.78 is 13.9. The molecule has 0 atom stereocenters. The van der Waals surface area contributed by atoms with Crippen molar-refractivity contribution in [1.82, 2.24) is 24.6 Å². The fraction of sp³-hybridized carbons (Fsp3) is 0.483. The smallest absolute Gasteiger partial charge is 0.250 e. The molecular formula is C29H39N5O3. The highest BCUT2D eigenvalue weighted by molar-refractivity contribution is 5.83. The summed E-state index contributed by atoms with van der Waals surface area (Å²) in [4.78, 5) is 22.2. The number of carbonyl (C=O) groups is 1. The van der Waals surface area contributed by atoms with E-state index >= 15 is 0 Å². The maximum Gasteiger partial charge on any atom is 0.250 e. The van der Waals surface area contributed by atoms with Crippen LogP contribution in [0, 0.1) is 0 Å². The summed E-state index contributed by atoms with van der Waals surface area (Å²) in [7, 11) is 0. The van der Waals surface area contributed by atoms with Crippen LogP contribution in [0.1, 0.15) is 51.2 Å². The Bertz CT molecular complexity index is 1120. The lowest BCUT2D eigenvalue weighted by Gasteiger charge is -2.34. The van der Waals surface area contributed by atoms with Gasteiger partial charge in [0, 0.05) is 38.3 Å². The van der Waals surface area contributed by atoms with Crippen molar-refractivity contribution in [2.45, 2.75) is 58.7 Å². The van der Waals surface area contributed by atoms with Gasteiger partial charge in [-0.2, -0.15) is 5.10 Å². The predicted molar refractivity (Wildman–Crippen MR) is 143 cm³/mol. The summed E-state index contributed by atoms with van der Waals surface area (Å²) in [6.45, 7) is 10.5. The molecular weight excluding hydrogens is 466 g/mol. The minimum atomic E-state index is -0.809. The zero-order valence-corrected chi connectivity index (χ0v) is 22.3. The van der Waals surface area contributed by atoms with E-state index in [9.17, 15) is 4.79 Å². The first-order valence-electron chi connectivity index (χ1n) is 13.3. The molecule has 0 spiro atoms. The van der Waals surface area contributed by atoms with Crippen LogP contribution >= 0.6 is 0 Å². The number of nitrogens with zero attached hydrogens (tertiary/aromatic N) is 5. The highest BCUT2D eigenvalue weighted by atomic mass is 16.5. The van der Waals surface area contributed by atoms with E-state index in [1.807, 2.05) is 43.9 Å². The van der Waals surface area contributed by atoms with Crippen LogP contribution in [-0.4, -0.2) is 63.3 Å². The van der Waals surface area contributed by atoms with E-state index in [1.165, 1.54) is 11.9 Å². The van der Waals surface area contributed by atoms with E-state index in [-0.39, 0.29) is 5.91 Å². The number of para-hydroxylation sites is 1. The lowest BCUT2D eigenvalue weighted by molar-refractivity contribution is -0.140. The third-order valence-electron chi connectivity index (χ3n) is 6.81. The number of hydrogen-bond donors (Lipinski definition) is 0. The summed E-state index contributed by atoms with van der Waals surface area (Å²) in [5.74, 6) is 1.69. The average molecular weight is 506 g/mol.